The number of benzene rings is 2. The van der Waals surface area contributed by atoms with Gasteiger partial charge >= 0.3 is 6.03 Å². The van der Waals surface area contributed by atoms with Crippen molar-refractivity contribution in [1.29, 1.82) is 0 Å². The molecule has 0 radical (unpaired) electrons. The van der Waals surface area contributed by atoms with E-state index in [0.29, 0.717) is 6.54 Å². The van der Waals surface area contributed by atoms with Crippen molar-refractivity contribution in [2.45, 2.75) is 24.9 Å². The zero-order valence-corrected chi connectivity index (χ0v) is 16.8. The number of rotatable bonds is 5. The average molecular weight is 406 g/mol. The average Bonchev–Trinajstić information content (AvgIpc) is 3.22. The highest BCUT2D eigenvalue weighted by Crippen LogP contribution is 2.38. The Labute approximate surface area is 174 Å². The maximum Gasteiger partial charge on any atom is 0.312 e. The fourth-order valence-corrected chi connectivity index (χ4v) is 4.88. The number of urea groups is 1. The van der Waals surface area contributed by atoms with Gasteiger partial charge in [0.1, 0.15) is 0 Å². The van der Waals surface area contributed by atoms with Gasteiger partial charge in [-0.25, -0.2) is 4.79 Å². The van der Waals surface area contributed by atoms with E-state index in [1.54, 1.807) is 11.3 Å². The smallest absolute Gasteiger partial charge is 0.312 e. The van der Waals surface area contributed by atoms with E-state index < -0.39 is 12.1 Å². The van der Waals surface area contributed by atoms with Crippen molar-refractivity contribution in [3.8, 4) is 0 Å². The summed E-state index contributed by atoms with van der Waals surface area (Å²) in [6.07, 6.45) is 1.01. The zero-order chi connectivity index (χ0) is 20.2. The molecule has 0 bridgehead atoms. The molecule has 1 aromatic heterocycles. The van der Waals surface area contributed by atoms with Crippen molar-refractivity contribution < 1.29 is 9.59 Å². The van der Waals surface area contributed by atoms with E-state index in [4.69, 9.17) is 5.73 Å². The summed E-state index contributed by atoms with van der Waals surface area (Å²) in [5.41, 5.74) is 8.53. The number of thiophene rings is 1. The molecule has 2 atom stereocenters. The third-order valence-corrected chi connectivity index (χ3v) is 6.30. The zero-order valence-electron chi connectivity index (χ0n) is 16.0. The number of fused-ring (bicyclic) bond motifs is 1. The van der Waals surface area contributed by atoms with Crippen LogP contribution in [0.5, 0.6) is 0 Å². The largest absolute Gasteiger partial charge is 0.352 e. The first-order valence-electron chi connectivity index (χ1n) is 9.65. The topological polar surface area (TPSA) is 75.4 Å². The predicted octanol–water partition coefficient (Wildman–Crippen LogP) is 4.02. The number of hydrogen-bond donors (Lipinski definition) is 2. The van der Waals surface area contributed by atoms with Gasteiger partial charge in [-0.3, -0.25) is 4.79 Å². The molecule has 0 saturated heterocycles. The number of nitrogens with one attached hydrogen (secondary N) is 1. The number of primary amides is 1. The van der Waals surface area contributed by atoms with Gasteiger partial charge in [-0.2, -0.15) is 0 Å². The van der Waals surface area contributed by atoms with Gasteiger partial charge in [0.05, 0.1) is 18.5 Å². The number of nitrogens with zero attached hydrogens (tertiary/aromatic N) is 1. The van der Waals surface area contributed by atoms with Crippen LogP contribution in [0, 0.1) is 0 Å². The summed E-state index contributed by atoms with van der Waals surface area (Å²) in [7, 11) is 0. The van der Waals surface area contributed by atoms with E-state index in [9.17, 15) is 9.59 Å². The Morgan fingerprint density at radius 1 is 1.07 bits per heavy atom. The Hall–Kier alpha value is -3.12. The van der Waals surface area contributed by atoms with Crippen molar-refractivity contribution in [2.24, 2.45) is 5.73 Å². The molecule has 4 rings (SSSR count). The van der Waals surface area contributed by atoms with E-state index >= 15 is 0 Å². The first-order valence-corrected chi connectivity index (χ1v) is 10.5. The monoisotopic (exact) mass is 405 g/mol. The molecule has 0 aliphatic carbocycles. The van der Waals surface area contributed by atoms with Crippen LogP contribution in [0.25, 0.3) is 0 Å². The summed E-state index contributed by atoms with van der Waals surface area (Å²) in [5.74, 6) is -0.00157. The van der Waals surface area contributed by atoms with Crippen LogP contribution in [0.2, 0.25) is 0 Å². The SMILES string of the molecule is NC(=O)N[C@@H](CC(=O)N1CCc2sccc2[C@H]1c1ccccc1)c1ccccc1. The molecule has 3 amide bonds. The lowest BCUT2D eigenvalue weighted by molar-refractivity contribution is -0.133. The third kappa shape index (κ3) is 4.17. The molecule has 5 nitrogen and oxygen atoms in total. The molecule has 6 heteroatoms. The summed E-state index contributed by atoms with van der Waals surface area (Å²) < 4.78 is 0. The minimum Gasteiger partial charge on any atom is -0.352 e. The first kappa shape index (κ1) is 19.2. The maximum atomic E-state index is 13.4. The molecule has 0 saturated carbocycles. The normalized spacial score (nSPS) is 16.7. The first-order chi connectivity index (χ1) is 14.1. The molecule has 2 heterocycles. The van der Waals surface area contributed by atoms with Crippen molar-refractivity contribution in [3.05, 3.63) is 93.7 Å². The molecule has 0 unspecified atom stereocenters. The summed E-state index contributed by atoms with van der Waals surface area (Å²) in [4.78, 5) is 28.2. The molecule has 1 aliphatic rings. The van der Waals surface area contributed by atoms with Gasteiger partial charge in [-0.05, 0) is 34.6 Å². The van der Waals surface area contributed by atoms with E-state index in [1.807, 2.05) is 53.4 Å². The van der Waals surface area contributed by atoms with Gasteiger partial charge in [0.2, 0.25) is 5.91 Å². The quantitative estimate of drug-likeness (QED) is 0.673. The Balaban J connectivity index is 1.63. The van der Waals surface area contributed by atoms with Gasteiger partial charge in [-0.1, -0.05) is 60.7 Å². The number of amides is 3. The van der Waals surface area contributed by atoms with Crippen LogP contribution in [-0.2, 0) is 11.2 Å². The lowest BCUT2D eigenvalue weighted by Gasteiger charge is -2.37. The van der Waals surface area contributed by atoms with Crippen LogP contribution in [0.1, 0.15) is 40.1 Å². The molecule has 148 valence electrons. The predicted molar refractivity (Wildman–Crippen MR) is 115 cm³/mol. The molecular formula is C23H23N3O2S. The Kier molecular flexibility index (Phi) is 5.62. The molecular weight excluding hydrogens is 382 g/mol. The van der Waals surface area contributed by atoms with Crippen molar-refractivity contribution in [3.63, 3.8) is 0 Å². The van der Waals surface area contributed by atoms with E-state index in [1.165, 1.54) is 10.4 Å². The van der Waals surface area contributed by atoms with Gasteiger partial charge in [0, 0.05) is 11.4 Å². The Morgan fingerprint density at radius 2 is 1.76 bits per heavy atom. The molecule has 0 spiro atoms. The van der Waals surface area contributed by atoms with Crippen LogP contribution >= 0.6 is 11.3 Å². The van der Waals surface area contributed by atoms with Crippen LogP contribution in [0.15, 0.2) is 72.1 Å². The second kappa shape index (κ2) is 8.49. The van der Waals surface area contributed by atoms with E-state index in [0.717, 1.165) is 17.5 Å². The van der Waals surface area contributed by atoms with Crippen LogP contribution in [0.4, 0.5) is 4.79 Å². The molecule has 1 aliphatic heterocycles. The molecule has 3 aromatic rings. The second-order valence-electron chi connectivity index (χ2n) is 7.13. The second-order valence-corrected chi connectivity index (χ2v) is 8.13. The van der Waals surface area contributed by atoms with E-state index in [2.05, 4.69) is 28.9 Å². The van der Waals surface area contributed by atoms with Gasteiger partial charge in [-0.15, -0.1) is 11.3 Å². The minimum absolute atomic E-state index is 0.00157. The summed E-state index contributed by atoms with van der Waals surface area (Å²) >= 11 is 1.75. The molecule has 2 aromatic carbocycles. The number of nitrogens with two attached hydrogens (primary N) is 1. The van der Waals surface area contributed by atoms with Crippen LogP contribution in [0.3, 0.4) is 0 Å². The fourth-order valence-electron chi connectivity index (χ4n) is 3.98. The number of carbonyl (C=O) groups is 2. The molecule has 29 heavy (non-hydrogen) atoms. The highest BCUT2D eigenvalue weighted by molar-refractivity contribution is 7.10. The maximum absolute atomic E-state index is 13.4. The van der Waals surface area contributed by atoms with Crippen molar-refractivity contribution >= 4 is 23.3 Å². The molecule has 3 N–H and O–H groups in total. The lowest BCUT2D eigenvalue weighted by atomic mass is 9.92. The third-order valence-electron chi connectivity index (χ3n) is 5.30. The Morgan fingerprint density at radius 3 is 2.45 bits per heavy atom. The number of hydrogen-bond acceptors (Lipinski definition) is 3. The van der Waals surface area contributed by atoms with Crippen molar-refractivity contribution in [1.82, 2.24) is 10.2 Å². The summed E-state index contributed by atoms with van der Waals surface area (Å²) in [6.45, 7) is 0.657. The summed E-state index contributed by atoms with van der Waals surface area (Å²) in [6, 6.07) is 20.5. The van der Waals surface area contributed by atoms with Crippen molar-refractivity contribution in [2.75, 3.05) is 6.54 Å². The van der Waals surface area contributed by atoms with Gasteiger partial charge < -0.3 is 16.0 Å². The number of carbonyl (C=O) groups excluding carboxylic acids is 2. The highest BCUT2D eigenvalue weighted by atomic mass is 32.1. The highest BCUT2D eigenvalue weighted by Gasteiger charge is 2.33. The molecule has 0 fully saturated rings. The Bertz CT molecular complexity index is 988. The van der Waals surface area contributed by atoms with Gasteiger partial charge in [0.25, 0.3) is 0 Å². The van der Waals surface area contributed by atoms with Crippen LogP contribution in [-0.4, -0.2) is 23.4 Å². The van der Waals surface area contributed by atoms with Gasteiger partial charge in [0.15, 0.2) is 0 Å². The van der Waals surface area contributed by atoms with E-state index in [-0.39, 0.29) is 18.4 Å². The lowest BCUT2D eigenvalue weighted by Crippen LogP contribution is -2.42. The summed E-state index contributed by atoms with van der Waals surface area (Å²) in [5, 5.41) is 4.82. The standard InChI is InChI=1S/C23H23N3O2S/c24-23(28)25-19(16-7-3-1-4-8-16)15-21(27)26-13-11-20-18(12-14-29-20)22(26)17-9-5-2-6-10-17/h1-10,12,14,19,22H,11,13,15H2,(H3,24,25,28)/t19-,22+/m0/s1. The van der Waals surface area contributed by atoms with Crippen LogP contribution < -0.4 is 11.1 Å². The fraction of sp³-hybridized carbons (Fsp3) is 0.217. The minimum atomic E-state index is -0.634.